The number of ether oxygens (including phenoxy) is 1. The van der Waals surface area contributed by atoms with E-state index in [4.69, 9.17) is 10.5 Å². The van der Waals surface area contributed by atoms with Crippen LogP contribution in [0.15, 0.2) is 24.3 Å². The van der Waals surface area contributed by atoms with Crippen molar-refractivity contribution in [1.29, 1.82) is 0 Å². The van der Waals surface area contributed by atoms with E-state index in [9.17, 15) is 4.79 Å². The van der Waals surface area contributed by atoms with Crippen LogP contribution in [-0.4, -0.2) is 5.97 Å². The van der Waals surface area contributed by atoms with E-state index in [1.807, 2.05) is 12.1 Å². The zero-order chi connectivity index (χ0) is 8.77. The van der Waals surface area contributed by atoms with Crippen LogP contribution in [0.5, 0.6) is 5.75 Å². The van der Waals surface area contributed by atoms with Crippen molar-refractivity contribution in [3.63, 3.8) is 0 Å². The number of hydrogen-bond acceptors (Lipinski definition) is 3. The van der Waals surface area contributed by atoms with E-state index in [2.05, 4.69) is 0 Å². The highest BCUT2D eigenvalue weighted by Crippen LogP contribution is 2.35. The Bertz CT molecular complexity index is 344. The van der Waals surface area contributed by atoms with Gasteiger partial charge >= 0.3 is 5.97 Å². The van der Waals surface area contributed by atoms with Gasteiger partial charge in [0, 0.05) is 5.56 Å². The number of esters is 1. The number of para-hydroxylation sites is 1. The molecule has 1 aromatic rings. The average Bonchev–Trinajstić information content (AvgIpc) is 2.25. The molecule has 0 radical (unpaired) electrons. The van der Waals surface area contributed by atoms with E-state index >= 15 is 0 Å². The third-order valence-electron chi connectivity index (χ3n) is 2.07. The van der Waals surface area contributed by atoms with E-state index in [1.54, 1.807) is 19.1 Å². The summed E-state index contributed by atoms with van der Waals surface area (Å²) in [6.45, 7) is 1.65. The van der Waals surface area contributed by atoms with Crippen LogP contribution in [0.4, 0.5) is 0 Å². The molecule has 0 aliphatic carbocycles. The molecule has 1 unspecified atom stereocenters. The maximum atomic E-state index is 11.2. The predicted octanol–water partition coefficient (Wildman–Crippen LogP) is 0.780. The van der Waals surface area contributed by atoms with Crippen LogP contribution >= 0.6 is 0 Å². The Morgan fingerprint density at radius 3 is 2.75 bits per heavy atom. The van der Waals surface area contributed by atoms with Gasteiger partial charge in [0.2, 0.25) is 0 Å². The highest BCUT2D eigenvalue weighted by atomic mass is 16.5. The molecule has 0 saturated carbocycles. The second-order valence-corrected chi connectivity index (χ2v) is 3.09. The normalized spacial score (nSPS) is 26.7. The van der Waals surface area contributed by atoms with Crippen LogP contribution < -0.4 is 10.5 Å². The van der Waals surface area contributed by atoms with Crippen molar-refractivity contribution in [2.45, 2.75) is 12.5 Å². The summed E-state index contributed by atoms with van der Waals surface area (Å²) in [5.74, 6) is 0.191. The van der Waals surface area contributed by atoms with Gasteiger partial charge in [-0.05, 0) is 13.0 Å². The minimum atomic E-state index is -0.976. The molecule has 0 aromatic heterocycles. The molecule has 0 saturated heterocycles. The van der Waals surface area contributed by atoms with Crippen LogP contribution in [-0.2, 0) is 10.3 Å². The molecule has 1 atom stereocenters. The predicted molar refractivity (Wildman–Crippen MR) is 43.6 cm³/mol. The molecule has 0 bridgehead atoms. The molecule has 3 nitrogen and oxygen atoms in total. The third kappa shape index (κ3) is 0.769. The number of nitrogens with two attached hydrogens (primary N) is 1. The first-order chi connectivity index (χ1) is 5.62. The van der Waals surface area contributed by atoms with E-state index in [-0.39, 0.29) is 5.97 Å². The number of rotatable bonds is 0. The molecule has 0 amide bonds. The van der Waals surface area contributed by atoms with E-state index < -0.39 is 5.54 Å². The second-order valence-electron chi connectivity index (χ2n) is 3.09. The highest BCUT2D eigenvalue weighted by molar-refractivity contribution is 5.89. The zero-order valence-corrected chi connectivity index (χ0v) is 6.70. The van der Waals surface area contributed by atoms with Crippen LogP contribution in [0.1, 0.15) is 12.5 Å². The van der Waals surface area contributed by atoms with Gasteiger partial charge in [-0.15, -0.1) is 0 Å². The van der Waals surface area contributed by atoms with Crippen molar-refractivity contribution >= 4 is 5.97 Å². The fourth-order valence-corrected chi connectivity index (χ4v) is 1.30. The van der Waals surface area contributed by atoms with E-state index in [0.29, 0.717) is 5.75 Å². The minimum Gasteiger partial charge on any atom is -0.425 e. The van der Waals surface area contributed by atoms with Gasteiger partial charge in [0.15, 0.2) is 0 Å². The Morgan fingerprint density at radius 1 is 1.42 bits per heavy atom. The molecule has 62 valence electrons. The van der Waals surface area contributed by atoms with Gasteiger partial charge < -0.3 is 10.5 Å². The fraction of sp³-hybridized carbons (Fsp3) is 0.222. The monoisotopic (exact) mass is 163 g/mol. The summed E-state index contributed by atoms with van der Waals surface area (Å²) in [5, 5.41) is 0. The SMILES string of the molecule is CC1(N)C(=O)Oc2ccccc21. The van der Waals surface area contributed by atoms with Crippen LogP contribution in [0, 0.1) is 0 Å². The first-order valence-electron chi connectivity index (χ1n) is 3.73. The summed E-state index contributed by atoms with van der Waals surface area (Å²) in [6.07, 6.45) is 0. The Labute approximate surface area is 70.1 Å². The summed E-state index contributed by atoms with van der Waals surface area (Å²) in [4.78, 5) is 11.2. The standard InChI is InChI=1S/C9H9NO2/c1-9(10)6-4-2-3-5-7(6)12-8(9)11/h2-5H,10H2,1H3. The lowest BCUT2D eigenvalue weighted by Crippen LogP contribution is -2.39. The fourth-order valence-electron chi connectivity index (χ4n) is 1.30. The van der Waals surface area contributed by atoms with E-state index in [0.717, 1.165) is 5.56 Å². The van der Waals surface area contributed by atoms with Crippen molar-refractivity contribution in [3.8, 4) is 5.75 Å². The zero-order valence-electron chi connectivity index (χ0n) is 6.70. The number of hydrogen-bond donors (Lipinski definition) is 1. The minimum absolute atomic E-state index is 0.385. The van der Waals surface area contributed by atoms with Crippen molar-refractivity contribution < 1.29 is 9.53 Å². The van der Waals surface area contributed by atoms with Gasteiger partial charge in [-0.3, -0.25) is 0 Å². The Kier molecular flexibility index (Phi) is 1.26. The maximum Gasteiger partial charge on any atom is 0.336 e. The lowest BCUT2D eigenvalue weighted by Gasteiger charge is -2.12. The van der Waals surface area contributed by atoms with Gasteiger partial charge in [-0.25, -0.2) is 4.79 Å². The number of carbonyl (C=O) groups is 1. The van der Waals surface area contributed by atoms with Crippen LogP contribution in [0.3, 0.4) is 0 Å². The third-order valence-corrected chi connectivity index (χ3v) is 2.07. The quantitative estimate of drug-likeness (QED) is 0.454. The van der Waals surface area contributed by atoms with Crippen LogP contribution in [0.2, 0.25) is 0 Å². The van der Waals surface area contributed by atoms with Gasteiger partial charge in [-0.1, -0.05) is 18.2 Å². The van der Waals surface area contributed by atoms with Gasteiger partial charge in [0.25, 0.3) is 0 Å². The lowest BCUT2D eigenvalue weighted by atomic mass is 9.95. The molecule has 2 rings (SSSR count). The molecule has 0 fully saturated rings. The van der Waals surface area contributed by atoms with Crippen molar-refractivity contribution in [3.05, 3.63) is 29.8 Å². The van der Waals surface area contributed by atoms with Crippen molar-refractivity contribution in [1.82, 2.24) is 0 Å². The van der Waals surface area contributed by atoms with E-state index in [1.165, 1.54) is 0 Å². The summed E-state index contributed by atoms with van der Waals surface area (Å²) >= 11 is 0. The number of fused-ring (bicyclic) bond motifs is 1. The van der Waals surface area contributed by atoms with Crippen LogP contribution in [0.25, 0.3) is 0 Å². The van der Waals surface area contributed by atoms with Gasteiger partial charge in [-0.2, -0.15) is 0 Å². The first-order valence-corrected chi connectivity index (χ1v) is 3.73. The molecule has 12 heavy (non-hydrogen) atoms. The van der Waals surface area contributed by atoms with Gasteiger partial charge in [0.05, 0.1) is 0 Å². The molecular weight excluding hydrogens is 154 g/mol. The first kappa shape index (κ1) is 7.31. The molecule has 0 spiro atoms. The summed E-state index contributed by atoms with van der Waals surface area (Å²) in [7, 11) is 0. The van der Waals surface area contributed by atoms with Gasteiger partial charge in [0.1, 0.15) is 11.3 Å². The number of carbonyl (C=O) groups excluding carboxylic acids is 1. The molecule has 3 heteroatoms. The molecule has 1 aliphatic rings. The molecular formula is C9H9NO2. The largest absolute Gasteiger partial charge is 0.425 e. The maximum absolute atomic E-state index is 11.2. The topological polar surface area (TPSA) is 52.3 Å². The van der Waals surface area contributed by atoms with Crippen molar-refractivity contribution in [2.24, 2.45) is 5.73 Å². The molecule has 1 heterocycles. The lowest BCUT2D eigenvalue weighted by molar-refractivity contribution is -0.137. The Morgan fingerprint density at radius 2 is 2.08 bits per heavy atom. The Hall–Kier alpha value is -1.35. The smallest absolute Gasteiger partial charge is 0.336 e. The molecule has 1 aromatic carbocycles. The average molecular weight is 163 g/mol. The van der Waals surface area contributed by atoms with Crippen molar-refractivity contribution in [2.75, 3.05) is 0 Å². The highest BCUT2D eigenvalue weighted by Gasteiger charge is 2.41. The molecule has 1 aliphatic heterocycles. The second kappa shape index (κ2) is 2.08. The molecule has 2 N–H and O–H groups in total. The summed E-state index contributed by atoms with van der Waals surface area (Å²) in [6, 6.07) is 7.20. The Balaban J connectivity index is 2.63. The summed E-state index contributed by atoms with van der Waals surface area (Å²) in [5.41, 5.74) is 5.54. The summed E-state index contributed by atoms with van der Waals surface area (Å²) < 4.78 is 4.96. The number of benzene rings is 1.